The third-order valence-corrected chi connectivity index (χ3v) is 4.73. The minimum absolute atomic E-state index is 0.858. The van der Waals surface area contributed by atoms with Gasteiger partial charge in [-0.05, 0) is 50.7 Å². The highest BCUT2D eigenvalue weighted by Crippen LogP contribution is 2.28. The van der Waals surface area contributed by atoms with E-state index < -0.39 is 0 Å². The maximum Gasteiger partial charge on any atom is 0.00948 e. The molecule has 2 fully saturated rings. The zero-order valence-corrected chi connectivity index (χ0v) is 11.2. The SMILES string of the molecule is CC1CCCC(N(C)CC2CNCC2C)C1. The first-order valence-corrected chi connectivity index (χ1v) is 7.07. The molecule has 0 bridgehead atoms. The molecule has 2 heteroatoms. The summed E-state index contributed by atoms with van der Waals surface area (Å²) in [6.07, 6.45) is 5.74. The molecule has 16 heavy (non-hydrogen) atoms. The van der Waals surface area contributed by atoms with Crippen LogP contribution in [0.5, 0.6) is 0 Å². The summed E-state index contributed by atoms with van der Waals surface area (Å²) >= 11 is 0. The molecule has 1 saturated heterocycles. The first-order chi connectivity index (χ1) is 7.66. The molecule has 1 heterocycles. The van der Waals surface area contributed by atoms with Crippen molar-refractivity contribution in [3.05, 3.63) is 0 Å². The fraction of sp³-hybridized carbons (Fsp3) is 1.00. The van der Waals surface area contributed by atoms with Gasteiger partial charge < -0.3 is 10.2 Å². The van der Waals surface area contributed by atoms with Gasteiger partial charge in [-0.1, -0.05) is 26.7 Å². The summed E-state index contributed by atoms with van der Waals surface area (Å²) in [4.78, 5) is 2.64. The van der Waals surface area contributed by atoms with E-state index in [1.807, 2.05) is 0 Å². The molecule has 2 aliphatic rings. The van der Waals surface area contributed by atoms with Gasteiger partial charge in [0.2, 0.25) is 0 Å². The first kappa shape index (κ1) is 12.4. The maximum atomic E-state index is 3.51. The second-order valence-corrected chi connectivity index (χ2v) is 6.26. The van der Waals surface area contributed by atoms with Gasteiger partial charge in [-0.2, -0.15) is 0 Å². The standard InChI is InChI=1S/C14H28N2/c1-11-5-4-6-14(7-11)16(3)10-13-9-15-8-12(13)2/h11-15H,4-10H2,1-3H3. The third kappa shape index (κ3) is 2.98. The van der Waals surface area contributed by atoms with Gasteiger partial charge in [-0.15, -0.1) is 0 Å². The molecule has 2 nitrogen and oxygen atoms in total. The summed E-state index contributed by atoms with van der Waals surface area (Å²) in [5.74, 6) is 2.69. The second kappa shape index (κ2) is 5.50. The predicted octanol–water partition coefficient (Wildman–Crippen LogP) is 2.35. The summed E-state index contributed by atoms with van der Waals surface area (Å²) in [5.41, 5.74) is 0. The molecule has 0 spiro atoms. The van der Waals surface area contributed by atoms with E-state index >= 15 is 0 Å². The van der Waals surface area contributed by atoms with E-state index in [2.05, 4.69) is 31.1 Å². The van der Waals surface area contributed by atoms with Crippen LogP contribution in [0.25, 0.3) is 0 Å². The molecular formula is C14H28N2. The van der Waals surface area contributed by atoms with Gasteiger partial charge in [0.25, 0.3) is 0 Å². The lowest BCUT2D eigenvalue weighted by Crippen LogP contribution is -2.39. The summed E-state index contributed by atoms with van der Waals surface area (Å²) in [6.45, 7) is 8.56. The summed E-state index contributed by atoms with van der Waals surface area (Å²) in [7, 11) is 2.34. The Labute approximate surface area is 101 Å². The Morgan fingerprint density at radius 1 is 1.19 bits per heavy atom. The minimum Gasteiger partial charge on any atom is -0.316 e. The van der Waals surface area contributed by atoms with Gasteiger partial charge >= 0.3 is 0 Å². The number of hydrogen-bond acceptors (Lipinski definition) is 2. The average Bonchev–Trinajstić information content (AvgIpc) is 2.64. The Morgan fingerprint density at radius 3 is 2.62 bits per heavy atom. The Balaban J connectivity index is 1.80. The van der Waals surface area contributed by atoms with Crippen molar-refractivity contribution in [2.75, 3.05) is 26.7 Å². The fourth-order valence-electron chi connectivity index (χ4n) is 3.43. The van der Waals surface area contributed by atoms with Crippen LogP contribution in [0.2, 0.25) is 0 Å². The Hall–Kier alpha value is -0.0800. The normalized spacial score (nSPS) is 40.5. The lowest BCUT2D eigenvalue weighted by atomic mass is 9.85. The summed E-state index contributed by atoms with van der Waals surface area (Å²) < 4.78 is 0. The molecule has 1 N–H and O–H groups in total. The van der Waals surface area contributed by atoms with Crippen molar-refractivity contribution >= 4 is 0 Å². The first-order valence-electron chi connectivity index (χ1n) is 7.07. The lowest BCUT2D eigenvalue weighted by molar-refractivity contribution is 0.139. The van der Waals surface area contributed by atoms with E-state index in [1.54, 1.807) is 0 Å². The van der Waals surface area contributed by atoms with Crippen LogP contribution in [0.4, 0.5) is 0 Å². The van der Waals surface area contributed by atoms with E-state index in [-0.39, 0.29) is 0 Å². The van der Waals surface area contributed by atoms with Crippen LogP contribution in [-0.4, -0.2) is 37.6 Å². The molecule has 0 aromatic rings. The van der Waals surface area contributed by atoms with Gasteiger partial charge in [-0.25, -0.2) is 0 Å². The third-order valence-electron chi connectivity index (χ3n) is 4.73. The van der Waals surface area contributed by atoms with E-state index in [4.69, 9.17) is 0 Å². The molecule has 4 atom stereocenters. The number of hydrogen-bond donors (Lipinski definition) is 1. The molecule has 1 aliphatic heterocycles. The summed E-state index contributed by atoms with van der Waals surface area (Å²) in [6, 6.07) is 0.858. The molecule has 2 rings (SSSR count). The zero-order valence-electron chi connectivity index (χ0n) is 11.2. The second-order valence-electron chi connectivity index (χ2n) is 6.26. The van der Waals surface area contributed by atoms with Crippen LogP contribution in [0, 0.1) is 17.8 Å². The van der Waals surface area contributed by atoms with Crippen molar-refractivity contribution in [3.8, 4) is 0 Å². The quantitative estimate of drug-likeness (QED) is 0.791. The van der Waals surface area contributed by atoms with Crippen molar-refractivity contribution in [1.82, 2.24) is 10.2 Å². The van der Waals surface area contributed by atoms with E-state index in [0.29, 0.717) is 0 Å². The summed E-state index contributed by atoms with van der Waals surface area (Å²) in [5, 5.41) is 3.51. The van der Waals surface area contributed by atoms with Crippen LogP contribution in [0.1, 0.15) is 39.5 Å². The minimum atomic E-state index is 0.858. The highest BCUT2D eigenvalue weighted by atomic mass is 15.1. The molecule has 0 aromatic carbocycles. The van der Waals surface area contributed by atoms with Gasteiger partial charge in [0, 0.05) is 12.6 Å². The van der Waals surface area contributed by atoms with Crippen molar-refractivity contribution in [3.63, 3.8) is 0 Å². The zero-order chi connectivity index (χ0) is 11.5. The predicted molar refractivity (Wildman–Crippen MR) is 69.6 cm³/mol. The lowest BCUT2D eigenvalue weighted by Gasteiger charge is -2.36. The molecule has 0 radical (unpaired) electrons. The fourth-order valence-corrected chi connectivity index (χ4v) is 3.43. The molecule has 0 amide bonds. The molecule has 94 valence electrons. The topological polar surface area (TPSA) is 15.3 Å². The van der Waals surface area contributed by atoms with Crippen LogP contribution in [0.3, 0.4) is 0 Å². The number of nitrogens with zero attached hydrogens (tertiary/aromatic N) is 1. The number of nitrogens with one attached hydrogen (secondary N) is 1. The number of rotatable bonds is 3. The van der Waals surface area contributed by atoms with Gasteiger partial charge in [-0.3, -0.25) is 0 Å². The van der Waals surface area contributed by atoms with Crippen LogP contribution < -0.4 is 5.32 Å². The van der Waals surface area contributed by atoms with Gasteiger partial charge in [0.15, 0.2) is 0 Å². The van der Waals surface area contributed by atoms with Crippen molar-refractivity contribution in [1.29, 1.82) is 0 Å². The highest BCUT2D eigenvalue weighted by Gasteiger charge is 2.28. The Bertz CT molecular complexity index is 217. The van der Waals surface area contributed by atoms with Crippen LogP contribution in [-0.2, 0) is 0 Å². The molecular weight excluding hydrogens is 196 g/mol. The van der Waals surface area contributed by atoms with E-state index in [9.17, 15) is 0 Å². The molecule has 4 unspecified atom stereocenters. The largest absolute Gasteiger partial charge is 0.316 e. The van der Waals surface area contributed by atoms with Crippen LogP contribution >= 0.6 is 0 Å². The Kier molecular flexibility index (Phi) is 4.26. The van der Waals surface area contributed by atoms with E-state index in [0.717, 1.165) is 23.8 Å². The van der Waals surface area contributed by atoms with Gasteiger partial charge in [0.1, 0.15) is 0 Å². The average molecular weight is 224 g/mol. The molecule has 1 saturated carbocycles. The monoisotopic (exact) mass is 224 g/mol. The van der Waals surface area contributed by atoms with Crippen molar-refractivity contribution in [2.45, 2.75) is 45.6 Å². The van der Waals surface area contributed by atoms with Crippen molar-refractivity contribution < 1.29 is 0 Å². The smallest absolute Gasteiger partial charge is 0.00948 e. The van der Waals surface area contributed by atoms with E-state index in [1.165, 1.54) is 45.3 Å². The van der Waals surface area contributed by atoms with Crippen LogP contribution in [0.15, 0.2) is 0 Å². The molecule has 0 aromatic heterocycles. The highest BCUT2D eigenvalue weighted by molar-refractivity contribution is 4.83. The Morgan fingerprint density at radius 2 is 2.00 bits per heavy atom. The van der Waals surface area contributed by atoms with Gasteiger partial charge in [0.05, 0.1) is 0 Å². The van der Waals surface area contributed by atoms with Crippen molar-refractivity contribution in [2.24, 2.45) is 17.8 Å². The maximum absolute atomic E-state index is 3.51. The molecule has 1 aliphatic carbocycles.